The zero-order chi connectivity index (χ0) is 9.30. The molecule has 0 aliphatic rings. The summed E-state index contributed by atoms with van der Waals surface area (Å²) in [6.07, 6.45) is 1.85. The summed E-state index contributed by atoms with van der Waals surface area (Å²) in [6.45, 7) is 9.98. The van der Waals surface area contributed by atoms with E-state index in [2.05, 4.69) is 20.4 Å². The van der Waals surface area contributed by atoms with Crippen molar-refractivity contribution in [2.24, 2.45) is 0 Å². The fraction of sp³-hybridized carbons (Fsp3) is 0.273. The van der Waals surface area contributed by atoms with Crippen molar-refractivity contribution in [1.29, 1.82) is 0 Å². The molecule has 0 saturated carbocycles. The normalized spacial score (nSPS) is 9.92. The molecule has 1 heteroatoms. The van der Waals surface area contributed by atoms with Crippen molar-refractivity contribution in [3.8, 4) is 0 Å². The van der Waals surface area contributed by atoms with E-state index in [0.29, 0.717) is 0 Å². The maximum absolute atomic E-state index is 5.82. The molecular formula is C11H15N. The number of hydrogen-bond donors (Lipinski definition) is 1. The van der Waals surface area contributed by atoms with E-state index in [1.807, 2.05) is 19.1 Å². The van der Waals surface area contributed by atoms with Gasteiger partial charge in [0, 0.05) is 5.69 Å². The Morgan fingerprint density at radius 3 is 2.25 bits per heavy atom. The minimum Gasteiger partial charge on any atom is -0.398 e. The summed E-state index contributed by atoms with van der Waals surface area (Å²) in [6, 6.07) is 1.98. The molecule has 0 aliphatic heterocycles. The summed E-state index contributed by atoms with van der Waals surface area (Å²) in [7, 11) is 0. The van der Waals surface area contributed by atoms with Crippen LogP contribution in [0.3, 0.4) is 0 Å². The van der Waals surface area contributed by atoms with E-state index >= 15 is 0 Å². The molecule has 0 bridgehead atoms. The number of benzene rings is 1. The Balaban J connectivity index is 3.49. The van der Waals surface area contributed by atoms with Gasteiger partial charge in [0.1, 0.15) is 0 Å². The largest absolute Gasteiger partial charge is 0.398 e. The van der Waals surface area contributed by atoms with E-state index in [0.717, 1.165) is 11.3 Å². The van der Waals surface area contributed by atoms with Crippen LogP contribution in [0.4, 0.5) is 5.69 Å². The van der Waals surface area contributed by atoms with Crippen molar-refractivity contribution in [3.63, 3.8) is 0 Å². The molecule has 0 amide bonds. The highest BCUT2D eigenvalue weighted by Crippen LogP contribution is 2.23. The van der Waals surface area contributed by atoms with E-state index in [9.17, 15) is 0 Å². The minimum absolute atomic E-state index is 0.855. The average molecular weight is 161 g/mol. The van der Waals surface area contributed by atoms with Gasteiger partial charge in [0.05, 0.1) is 0 Å². The highest BCUT2D eigenvalue weighted by Gasteiger charge is 2.04. The molecule has 1 aromatic rings. The lowest BCUT2D eigenvalue weighted by Crippen LogP contribution is -1.97. The average Bonchev–Trinajstić information content (AvgIpc) is 2.08. The molecule has 12 heavy (non-hydrogen) atoms. The Morgan fingerprint density at radius 1 is 1.17 bits per heavy atom. The first kappa shape index (κ1) is 8.85. The highest BCUT2D eigenvalue weighted by atomic mass is 14.6. The number of anilines is 1. The molecule has 0 atom stereocenters. The standard InChI is InChI=1S/C11H15N/c1-5-10-6-11(12)9(4)7(2)8(10)3/h5-6H,1,12H2,2-4H3. The van der Waals surface area contributed by atoms with Gasteiger partial charge in [-0.1, -0.05) is 12.7 Å². The monoisotopic (exact) mass is 161 g/mol. The lowest BCUT2D eigenvalue weighted by molar-refractivity contribution is 1.26. The summed E-state index contributed by atoms with van der Waals surface area (Å²) in [5, 5.41) is 0. The van der Waals surface area contributed by atoms with Crippen LogP contribution in [0.1, 0.15) is 22.3 Å². The van der Waals surface area contributed by atoms with Crippen LogP contribution < -0.4 is 5.73 Å². The summed E-state index contributed by atoms with van der Waals surface area (Å²) in [5.74, 6) is 0. The van der Waals surface area contributed by atoms with Crippen LogP contribution in [-0.2, 0) is 0 Å². The van der Waals surface area contributed by atoms with Crippen LogP contribution in [-0.4, -0.2) is 0 Å². The van der Waals surface area contributed by atoms with Gasteiger partial charge >= 0.3 is 0 Å². The Labute approximate surface area is 73.9 Å². The van der Waals surface area contributed by atoms with Crippen LogP contribution >= 0.6 is 0 Å². The van der Waals surface area contributed by atoms with Crippen LogP contribution in [0, 0.1) is 20.8 Å². The quantitative estimate of drug-likeness (QED) is 0.630. The zero-order valence-corrected chi connectivity index (χ0v) is 7.94. The van der Waals surface area contributed by atoms with E-state index in [1.165, 1.54) is 16.7 Å². The van der Waals surface area contributed by atoms with Crippen molar-refractivity contribution in [1.82, 2.24) is 0 Å². The van der Waals surface area contributed by atoms with E-state index in [1.54, 1.807) is 0 Å². The lowest BCUT2D eigenvalue weighted by atomic mass is 9.97. The molecule has 2 N–H and O–H groups in total. The fourth-order valence-electron chi connectivity index (χ4n) is 1.31. The predicted octanol–water partition coefficient (Wildman–Crippen LogP) is 2.84. The summed E-state index contributed by atoms with van der Waals surface area (Å²) in [4.78, 5) is 0. The second-order valence-electron chi connectivity index (χ2n) is 3.13. The van der Waals surface area contributed by atoms with Gasteiger partial charge in [-0.15, -0.1) is 0 Å². The third-order valence-electron chi connectivity index (χ3n) is 2.52. The molecule has 0 fully saturated rings. The van der Waals surface area contributed by atoms with E-state index in [4.69, 9.17) is 5.73 Å². The van der Waals surface area contributed by atoms with Gasteiger partial charge in [-0.25, -0.2) is 0 Å². The van der Waals surface area contributed by atoms with Gasteiger partial charge in [0.25, 0.3) is 0 Å². The third-order valence-corrected chi connectivity index (χ3v) is 2.52. The van der Waals surface area contributed by atoms with Crippen LogP contribution in [0.2, 0.25) is 0 Å². The molecule has 64 valence electrons. The smallest absolute Gasteiger partial charge is 0.0352 e. The molecule has 0 aliphatic carbocycles. The second kappa shape index (κ2) is 3.02. The number of nitrogen functional groups attached to an aromatic ring is 1. The van der Waals surface area contributed by atoms with Crippen molar-refractivity contribution < 1.29 is 0 Å². The van der Waals surface area contributed by atoms with Gasteiger partial charge in [-0.2, -0.15) is 0 Å². The third kappa shape index (κ3) is 1.22. The molecule has 0 saturated heterocycles. The minimum atomic E-state index is 0.855. The first-order chi connectivity index (χ1) is 5.57. The first-order valence-corrected chi connectivity index (χ1v) is 4.06. The lowest BCUT2D eigenvalue weighted by Gasteiger charge is -2.10. The van der Waals surface area contributed by atoms with Crippen molar-refractivity contribution in [2.45, 2.75) is 20.8 Å². The summed E-state index contributed by atoms with van der Waals surface area (Å²) in [5.41, 5.74) is 11.5. The van der Waals surface area contributed by atoms with Gasteiger partial charge in [-0.05, 0) is 49.1 Å². The van der Waals surface area contributed by atoms with E-state index < -0.39 is 0 Å². The fourth-order valence-corrected chi connectivity index (χ4v) is 1.31. The zero-order valence-electron chi connectivity index (χ0n) is 7.94. The molecule has 1 rings (SSSR count). The molecule has 1 nitrogen and oxygen atoms in total. The van der Waals surface area contributed by atoms with Gasteiger partial charge in [-0.3, -0.25) is 0 Å². The predicted molar refractivity (Wildman–Crippen MR) is 55.2 cm³/mol. The topological polar surface area (TPSA) is 26.0 Å². The molecule has 0 heterocycles. The van der Waals surface area contributed by atoms with Crippen LogP contribution in [0.15, 0.2) is 12.6 Å². The SMILES string of the molecule is C=Cc1cc(N)c(C)c(C)c1C. The summed E-state index contributed by atoms with van der Waals surface area (Å²) < 4.78 is 0. The molecule has 0 spiro atoms. The molecule has 0 radical (unpaired) electrons. The summed E-state index contributed by atoms with van der Waals surface area (Å²) >= 11 is 0. The Morgan fingerprint density at radius 2 is 1.75 bits per heavy atom. The first-order valence-electron chi connectivity index (χ1n) is 4.06. The molecule has 1 aromatic carbocycles. The maximum Gasteiger partial charge on any atom is 0.0352 e. The second-order valence-corrected chi connectivity index (χ2v) is 3.13. The molecule has 0 aromatic heterocycles. The van der Waals surface area contributed by atoms with Crippen LogP contribution in [0.25, 0.3) is 6.08 Å². The number of nitrogens with two attached hydrogens (primary N) is 1. The molecular weight excluding hydrogens is 146 g/mol. The van der Waals surface area contributed by atoms with Crippen molar-refractivity contribution >= 4 is 11.8 Å². The number of hydrogen-bond acceptors (Lipinski definition) is 1. The maximum atomic E-state index is 5.82. The van der Waals surface area contributed by atoms with Gasteiger partial charge in [0.15, 0.2) is 0 Å². The van der Waals surface area contributed by atoms with E-state index in [-0.39, 0.29) is 0 Å². The highest BCUT2D eigenvalue weighted by molar-refractivity contribution is 5.64. The van der Waals surface area contributed by atoms with Crippen molar-refractivity contribution in [3.05, 3.63) is 34.9 Å². The Bertz CT molecular complexity index is 324. The molecule has 0 unspecified atom stereocenters. The Kier molecular flexibility index (Phi) is 2.22. The number of rotatable bonds is 1. The van der Waals surface area contributed by atoms with Gasteiger partial charge < -0.3 is 5.73 Å². The van der Waals surface area contributed by atoms with Gasteiger partial charge in [0.2, 0.25) is 0 Å². The van der Waals surface area contributed by atoms with Crippen LogP contribution in [0.5, 0.6) is 0 Å². The Hall–Kier alpha value is -1.24. The van der Waals surface area contributed by atoms with Crippen molar-refractivity contribution in [2.75, 3.05) is 5.73 Å².